The van der Waals surface area contributed by atoms with Crippen molar-refractivity contribution in [3.63, 3.8) is 0 Å². The van der Waals surface area contributed by atoms with Crippen molar-refractivity contribution in [2.45, 2.75) is 32.6 Å². The van der Waals surface area contributed by atoms with Crippen molar-refractivity contribution in [2.75, 3.05) is 0 Å². The number of carbonyl (C=O) groups is 1. The molecule has 2 rings (SSSR count). The maximum atomic E-state index is 11.2. The molecule has 1 saturated carbocycles. The second-order valence-electron chi connectivity index (χ2n) is 5.46. The lowest BCUT2D eigenvalue weighted by molar-refractivity contribution is -0.142. The molecular weight excluding hydrogens is 200 g/mol. The maximum Gasteiger partial charge on any atom is 0.307 e. The summed E-state index contributed by atoms with van der Waals surface area (Å²) in [4.78, 5) is 11.2. The Labute approximate surface area is 96.3 Å². The molecule has 2 atom stereocenters. The van der Waals surface area contributed by atoms with Crippen LogP contribution in [0.2, 0.25) is 0 Å². The van der Waals surface area contributed by atoms with Crippen LogP contribution in [0.25, 0.3) is 0 Å². The molecule has 1 aromatic carbocycles. The molecule has 0 heterocycles. The highest BCUT2D eigenvalue weighted by molar-refractivity contribution is 5.73. The molecule has 16 heavy (non-hydrogen) atoms. The Balaban J connectivity index is 2.44. The van der Waals surface area contributed by atoms with Crippen LogP contribution in [0.3, 0.4) is 0 Å². The summed E-state index contributed by atoms with van der Waals surface area (Å²) < 4.78 is 0. The van der Waals surface area contributed by atoms with E-state index in [9.17, 15) is 9.90 Å². The first-order chi connectivity index (χ1) is 7.42. The summed E-state index contributed by atoms with van der Waals surface area (Å²) in [5, 5.41) is 9.25. The number of benzene rings is 1. The Morgan fingerprint density at radius 2 is 1.81 bits per heavy atom. The van der Waals surface area contributed by atoms with Crippen LogP contribution in [0.4, 0.5) is 0 Å². The van der Waals surface area contributed by atoms with E-state index in [4.69, 9.17) is 0 Å². The van der Waals surface area contributed by atoms with E-state index in [1.54, 1.807) is 0 Å². The minimum absolute atomic E-state index is 0.0894. The van der Waals surface area contributed by atoms with Gasteiger partial charge in [0.15, 0.2) is 0 Å². The minimum atomic E-state index is -0.700. The fraction of sp³-hybridized carbons (Fsp3) is 0.500. The van der Waals surface area contributed by atoms with Crippen molar-refractivity contribution in [3.05, 3.63) is 35.9 Å². The zero-order chi connectivity index (χ0) is 12.0. The largest absolute Gasteiger partial charge is 0.481 e. The highest BCUT2D eigenvalue weighted by atomic mass is 16.4. The number of carboxylic acids is 1. The fourth-order valence-corrected chi connectivity index (χ4v) is 3.08. The van der Waals surface area contributed by atoms with Crippen LogP contribution in [0, 0.1) is 11.3 Å². The normalized spacial score (nSPS) is 28.4. The molecule has 2 heteroatoms. The first-order valence-electron chi connectivity index (χ1n) is 5.70. The van der Waals surface area contributed by atoms with Gasteiger partial charge in [0, 0.05) is 5.41 Å². The summed E-state index contributed by atoms with van der Waals surface area (Å²) in [7, 11) is 0. The molecule has 2 nitrogen and oxygen atoms in total. The van der Waals surface area contributed by atoms with Gasteiger partial charge in [-0.15, -0.1) is 0 Å². The van der Waals surface area contributed by atoms with Crippen molar-refractivity contribution in [3.8, 4) is 0 Å². The van der Waals surface area contributed by atoms with Gasteiger partial charge in [0.25, 0.3) is 0 Å². The van der Waals surface area contributed by atoms with Crippen LogP contribution in [0.15, 0.2) is 30.3 Å². The number of hydrogen-bond acceptors (Lipinski definition) is 1. The van der Waals surface area contributed by atoms with Crippen molar-refractivity contribution in [1.29, 1.82) is 0 Å². The molecule has 1 aliphatic carbocycles. The van der Waals surface area contributed by atoms with E-state index in [2.05, 4.69) is 13.8 Å². The fourth-order valence-electron chi connectivity index (χ4n) is 3.08. The van der Waals surface area contributed by atoms with Crippen molar-refractivity contribution in [1.82, 2.24) is 0 Å². The molecule has 1 unspecified atom stereocenters. The maximum absolute atomic E-state index is 11.2. The molecular formula is C14H18O2. The molecule has 1 N–H and O–H groups in total. The van der Waals surface area contributed by atoms with Crippen LogP contribution in [-0.2, 0) is 10.2 Å². The highest BCUT2D eigenvalue weighted by Gasteiger charge is 2.66. The summed E-state index contributed by atoms with van der Waals surface area (Å²) in [6, 6.07) is 10.0. The van der Waals surface area contributed by atoms with E-state index in [-0.39, 0.29) is 16.7 Å². The number of carboxylic acid groups (broad SMARTS) is 1. The van der Waals surface area contributed by atoms with E-state index in [1.165, 1.54) is 0 Å². The quantitative estimate of drug-likeness (QED) is 0.846. The van der Waals surface area contributed by atoms with Gasteiger partial charge in [-0.05, 0) is 17.4 Å². The van der Waals surface area contributed by atoms with E-state index >= 15 is 0 Å². The van der Waals surface area contributed by atoms with Crippen LogP contribution >= 0.6 is 0 Å². The molecule has 86 valence electrons. The van der Waals surface area contributed by atoms with Crippen molar-refractivity contribution in [2.24, 2.45) is 11.3 Å². The third-order valence-electron chi connectivity index (χ3n) is 4.20. The minimum Gasteiger partial charge on any atom is -0.481 e. The lowest BCUT2D eigenvalue weighted by Crippen LogP contribution is -2.29. The molecule has 0 saturated heterocycles. The summed E-state index contributed by atoms with van der Waals surface area (Å²) in [5.41, 5.74) is 1.07. The van der Waals surface area contributed by atoms with E-state index in [1.807, 2.05) is 37.3 Å². The predicted molar refractivity (Wildman–Crippen MR) is 63.3 cm³/mol. The number of hydrogen-bond donors (Lipinski definition) is 1. The van der Waals surface area contributed by atoms with E-state index in [0.717, 1.165) is 12.0 Å². The first kappa shape index (κ1) is 11.2. The van der Waals surface area contributed by atoms with Crippen LogP contribution in [0.1, 0.15) is 32.8 Å². The van der Waals surface area contributed by atoms with Gasteiger partial charge in [0.2, 0.25) is 0 Å². The standard InChI is InChI=1S/C14H18O2/c1-10(12(15)16)14(9-13(14,2)3)11-7-5-4-6-8-11/h4-8,10H,9H2,1-3H3,(H,15,16)/t10-,14?/m1/s1. The van der Waals surface area contributed by atoms with E-state index in [0.29, 0.717) is 0 Å². The summed E-state index contributed by atoms with van der Waals surface area (Å²) in [6.07, 6.45) is 0.956. The lowest BCUT2D eigenvalue weighted by Gasteiger charge is -2.25. The predicted octanol–water partition coefficient (Wildman–Crippen LogP) is 3.08. The Morgan fingerprint density at radius 1 is 1.31 bits per heavy atom. The van der Waals surface area contributed by atoms with Crippen LogP contribution in [0.5, 0.6) is 0 Å². The first-order valence-corrected chi connectivity index (χ1v) is 5.70. The molecule has 1 fully saturated rings. The molecule has 0 amide bonds. The highest BCUT2D eigenvalue weighted by Crippen LogP contribution is 2.68. The number of rotatable bonds is 3. The Morgan fingerprint density at radius 3 is 2.19 bits per heavy atom. The van der Waals surface area contributed by atoms with E-state index < -0.39 is 5.97 Å². The molecule has 0 aliphatic heterocycles. The average Bonchev–Trinajstić information content (AvgIpc) is 2.83. The Hall–Kier alpha value is -1.31. The molecule has 1 aliphatic rings. The molecule has 1 aromatic rings. The summed E-state index contributed by atoms with van der Waals surface area (Å²) in [5.74, 6) is -1.03. The summed E-state index contributed by atoms with van der Waals surface area (Å²) in [6.45, 7) is 6.13. The third-order valence-corrected chi connectivity index (χ3v) is 4.20. The Kier molecular flexibility index (Phi) is 2.33. The zero-order valence-corrected chi connectivity index (χ0v) is 10.0. The van der Waals surface area contributed by atoms with Gasteiger partial charge < -0.3 is 5.11 Å². The second-order valence-corrected chi connectivity index (χ2v) is 5.46. The van der Waals surface area contributed by atoms with Crippen molar-refractivity contribution >= 4 is 5.97 Å². The average molecular weight is 218 g/mol. The van der Waals surface area contributed by atoms with Gasteiger partial charge in [-0.1, -0.05) is 51.1 Å². The third kappa shape index (κ3) is 1.36. The molecule has 0 spiro atoms. The molecule has 0 radical (unpaired) electrons. The molecule has 0 bridgehead atoms. The second kappa shape index (κ2) is 3.34. The SMILES string of the molecule is C[C@H](C(=O)O)C1(c2ccccc2)CC1(C)C. The monoisotopic (exact) mass is 218 g/mol. The van der Waals surface area contributed by atoms with Gasteiger partial charge in [-0.2, -0.15) is 0 Å². The van der Waals surface area contributed by atoms with Crippen molar-refractivity contribution < 1.29 is 9.90 Å². The smallest absolute Gasteiger partial charge is 0.307 e. The van der Waals surface area contributed by atoms with Gasteiger partial charge in [0.05, 0.1) is 5.92 Å². The van der Waals surface area contributed by atoms with Gasteiger partial charge in [-0.25, -0.2) is 0 Å². The zero-order valence-electron chi connectivity index (χ0n) is 10.0. The summed E-state index contributed by atoms with van der Waals surface area (Å²) >= 11 is 0. The van der Waals surface area contributed by atoms with Crippen LogP contribution < -0.4 is 0 Å². The van der Waals surface area contributed by atoms with Gasteiger partial charge >= 0.3 is 5.97 Å². The number of aliphatic carboxylic acids is 1. The van der Waals surface area contributed by atoms with Gasteiger partial charge in [-0.3, -0.25) is 4.79 Å². The van der Waals surface area contributed by atoms with Crippen LogP contribution in [-0.4, -0.2) is 11.1 Å². The molecule has 0 aromatic heterocycles. The lowest BCUT2D eigenvalue weighted by atomic mass is 9.78. The topological polar surface area (TPSA) is 37.3 Å². The van der Waals surface area contributed by atoms with Gasteiger partial charge in [0.1, 0.15) is 0 Å². The Bertz CT molecular complexity index is 408.